The van der Waals surface area contributed by atoms with E-state index in [1.54, 1.807) is 0 Å². The quantitative estimate of drug-likeness (QED) is 0.462. The Kier molecular flexibility index (Phi) is 3.91. The lowest BCUT2D eigenvalue weighted by Crippen LogP contribution is -2.10. The second-order valence-corrected chi connectivity index (χ2v) is 3.98. The fourth-order valence-electron chi connectivity index (χ4n) is 1.56. The van der Waals surface area contributed by atoms with Crippen LogP contribution in [0.15, 0.2) is 32.2 Å². The molecule has 3 rings (SSSR count). The molecule has 0 N–H and O–H groups in total. The zero-order valence-electron chi connectivity index (χ0n) is 10.3. The zero-order valence-corrected chi connectivity index (χ0v) is 10.3. The minimum atomic E-state index is -0.870. The molecule has 0 fully saturated rings. The van der Waals surface area contributed by atoms with Crippen molar-refractivity contribution in [2.45, 2.75) is 19.8 Å². The van der Waals surface area contributed by atoms with Gasteiger partial charge in [0.05, 0.1) is 22.9 Å². The molecule has 0 atom stereocenters. The lowest BCUT2D eigenvalue weighted by Gasteiger charge is -2.03. The molecule has 2 aromatic heterocycles. The second kappa shape index (κ2) is 5.62. The van der Waals surface area contributed by atoms with Crippen molar-refractivity contribution in [1.29, 1.82) is 0 Å². The molecule has 2 bridgehead atoms. The topological polar surface area (TPSA) is 82.8 Å². The van der Waals surface area contributed by atoms with Crippen LogP contribution in [0, 0.1) is 0 Å². The molecule has 100 valence electrons. The number of hydrogen-bond acceptors (Lipinski definition) is 6. The smallest absolute Gasteiger partial charge is 0.373 e. The van der Waals surface area contributed by atoms with Crippen LogP contribution in [0.25, 0.3) is 10.8 Å². The Morgan fingerprint density at radius 1 is 1.26 bits per heavy atom. The van der Waals surface area contributed by atoms with Crippen molar-refractivity contribution in [2.75, 3.05) is 6.61 Å². The fraction of sp³-hybridized carbons (Fsp3) is 0.308. The average Bonchev–Trinajstić information content (AvgIpc) is 2.61. The molecule has 0 saturated heterocycles. The fourth-order valence-corrected chi connectivity index (χ4v) is 1.56. The van der Waals surface area contributed by atoms with Gasteiger partial charge in [-0.2, -0.15) is 4.89 Å². The first-order valence-corrected chi connectivity index (χ1v) is 5.88. The second-order valence-electron chi connectivity index (χ2n) is 3.98. The Balaban J connectivity index is 2.29. The Labute approximate surface area is 107 Å². The number of rotatable bonds is 5. The molecule has 0 aliphatic rings. The van der Waals surface area contributed by atoms with Gasteiger partial charge in [-0.1, -0.05) is 13.3 Å². The summed E-state index contributed by atoms with van der Waals surface area (Å²) in [5.74, 6) is -0.820. The number of benzene rings is 1. The highest BCUT2D eigenvalue weighted by Gasteiger charge is 2.16. The summed E-state index contributed by atoms with van der Waals surface area (Å²) in [5, 5.41) is 0.105. The van der Waals surface area contributed by atoms with Crippen molar-refractivity contribution in [1.82, 2.24) is 0 Å². The molecule has 6 nitrogen and oxygen atoms in total. The van der Waals surface area contributed by atoms with Crippen molar-refractivity contribution in [3.8, 4) is 0 Å². The summed E-state index contributed by atoms with van der Waals surface area (Å²) in [7, 11) is 0. The Morgan fingerprint density at radius 3 is 2.79 bits per heavy atom. The van der Waals surface area contributed by atoms with Crippen molar-refractivity contribution in [3.63, 3.8) is 0 Å². The molecule has 6 heteroatoms. The maximum absolute atomic E-state index is 11.8. The van der Waals surface area contributed by atoms with E-state index >= 15 is 0 Å². The minimum Gasteiger partial charge on any atom is -0.386 e. The third-order valence-corrected chi connectivity index (χ3v) is 2.60. The summed E-state index contributed by atoms with van der Waals surface area (Å²) in [5.41, 5.74) is -1.69. The van der Waals surface area contributed by atoms with Crippen molar-refractivity contribution in [3.05, 3.63) is 44.6 Å². The van der Waals surface area contributed by atoms with Gasteiger partial charge in [-0.3, -0.25) is 4.89 Å². The summed E-state index contributed by atoms with van der Waals surface area (Å²) in [6.45, 7) is 2.25. The van der Waals surface area contributed by atoms with Gasteiger partial charge in [-0.05, 0) is 24.6 Å². The molecule has 0 aliphatic heterocycles. The predicted octanol–water partition coefficient (Wildman–Crippen LogP) is 1.48. The maximum Gasteiger partial charge on any atom is 0.373 e. The molecule has 0 spiro atoms. The van der Waals surface area contributed by atoms with Gasteiger partial charge in [0, 0.05) is 0 Å². The van der Waals surface area contributed by atoms with Gasteiger partial charge in [0.15, 0.2) is 0 Å². The van der Waals surface area contributed by atoms with Crippen LogP contribution in [0.4, 0.5) is 0 Å². The number of unbranched alkanes of at least 4 members (excludes halogenated alkanes) is 1. The number of carbonyl (C=O) groups is 1. The monoisotopic (exact) mass is 264 g/mol. The third kappa shape index (κ3) is 2.79. The molecule has 19 heavy (non-hydrogen) atoms. The first-order valence-electron chi connectivity index (χ1n) is 5.88. The molecule has 0 unspecified atom stereocenters. The van der Waals surface area contributed by atoms with Crippen LogP contribution in [0.5, 0.6) is 0 Å². The number of hydrogen-bond donors (Lipinski definition) is 0. The zero-order chi connectivity index (χ0) is 13.8. The summed E-state index contributed by atoms with van der Waals surface area (Å²) in [6, 6.07) is 4.02. The Hall–Kier alpha value is -2.21. The highest BCUT2D eigenvalue weighted by Crippen LogP contribution is 2.12. The van der Waals surface area contributed by atoms with E-state index in [1.165, 1.54) is 18.2 Å². The van der Waals surface area contributed by atoms with Crippen LogP contribution >= 0.6 is 0 Å². The maximum atomic E-state index is 11.8. The lowest BCUT2D eigenvalue weighted by atomic mass is 10.1. The van der Waals surface area contributed by atoms with Crippen molar-refractivity contribution >= 4 is 16.7 Å². The first-order chi connectivity index (χ1) is 9.13. The van der Waals surface area contributed by atoms with E-state index in [4.69, 9.17) is 4.89 Å². The van der Waals surface area contributed by atoms with Crippen LogP contribution in [0.1, 0.15) is 30.1 Å². The van der Waals surface area contributed by atoms with Gasteiger partial charge in [-0.25, -0.2) is 14.4 Å². The van der Waals surface area contributed by atoms with E-state index in [0.717, 1.165) is 12.8 Å². The SMILES string of the molecule is CCCCOOC(=O)c1cc2ccc1c(=O)oc2=O. The van der Waals surface area contributed by atoms with Crippen molar-refractivity contribution < 1.29 is 19.0 Å². The molecule has 0 amide bonds. The van der Waals surface area contributed by atoms with Gasteiger partial charge in [-0.15, -0.1) is 0 Å². The minimum absolute atomic E-state index is 0.0151. The van der Waals surface area contributed by atoms with E-state index in [0.29, 0.717) is 0 Å². The molecule has 0 saturated carbocycles. The van der Waals surface area contributed by atoms with Crippen molar-refractivity contribution in [2.24, 2.45) is 0 Å². The third-order valence-electron chi connectivity index (χ3n) is 2.60. The molecule has 1 aromatic carbocycles. The highest BCUT2D eigenvalue weighted by atomic mass is 17.2. The van der Waals surface area contributed by atoms with Crippen LogP contribution in [0.2, 0.25) is 0 Å². The highest BCUT2D eigenvalue weighted by molar-refractivity contribution is 5.99. The van der Waals surface area contributed by atoms with Crippen LogP contribution in [-0.2, 0) is 9.78 Å². The summed E-state index contributed by atoms with van der Waals surface area (Å²) in [6.07, 6.45) is 1.65. The van der Waals surface area contributed by atoms with Gasteiger partial charge < -0.3 is 4.42 Å². The largest absolute Gasteiger partial charge is 0.386 e. The molecular weight excluding hydrogens is 252 g/mol. The Morgan fingerprint density at radius 2 is 2.05 bits per heavy atom. The van der Waals surface area contributed by atoms with E-state index in [-0.39, 0.29) is 22.9 Å². The molecule has 0 aliphatic carbocycles. The van der Waals surface area contributed by atoms with Gasteiger partial charge in [0.1, 0.15) is 0 Å². The molecule has 3 aromatic rings. The standard InChI is InChI=1S/C13H12O6/c1-2-3-6-17-19-13(16)10-7-8-4-5-9(10)12(15)18-11(8)14/h4-5,7H,2-3,6H2,1H3. The normalized spacial score (nSPS) is 10.8. The van der Waals surface area contributed by atoms with Gasteiger partial charge >= 0.3 is 17.2 Å². The predicted molar refractivity (Wildman–Crippen MR) is 66.2 cm³/mol. The van der Waals surface area contributed by atoms with E-state index in [2.05, 4.69) is 9.30 Å². The van der Waals surface area contributed by atoms with Crippen LogP contribution in [0.3, 0.4) is 0 Å². The van der Waals surface area contributed by atoms with E-state index < -0.39 is 17.2 Å². The lowest BCUT2D eigenvalue weighted by molar-refractivity contribution is -0.241. The van der Waals surface area contributed by atoms with Crippen LogP contribution in [-0.4, -0.2) is 12.6 Å². The number of carbonyl (C=O) groups excluding carboxylic acids is 1. The van der Waals surface area contributed by atoms with Crippen LogP contribution < -0.4 is 11.3 Å². The van der Waals surface area contributed by atoms with Gasteiger partial charge in [0.2, 0.25) is 0 Å². The van der Waals surface area contributed by atoms with Gasteiger partial charge in [0.25, 0.3) is 0 Å². The summed E-state index contributed by atoms with van der Waals surface area (Å²) < 4.78 is 4.51. The summed E-state index contributed by atoms with van der Waals surface area (Å²) in [4.78, 5) is 44.0. The molecular formula is C13H12O6. The average molecular weight is 264 g/mol. The summed E-state index contributed by atoms with van der Waals surface area (Å²) >= 11 is 0. The Bertz CT molecular complexity index is 687. The molecule has 2 heterocycles. The first kappa shape index (κ1) is 13.2. The van der Waals surface area contributed by atoms with E-state index in [9.17, 15) is 14.4 Å². The number of fused-ring (bicyclic) bond motifs is 4. The molecule has 0 radical (unpaired) electrons. The van der Waals surface area contributed by atoms with E-state index in [1.807, 2.05) is 6.92 Å².